The Morgan fingerprint density at radius 3 is 2.14 bits per heavy atom. The number of aryl methyl sites for hydroxylation is 1. The van der Waals surface area contributed by atoms with Gasteiger partial charge in [-0.3, -0.25) is 4.57 Å². The van der Waals surface area contributed by atoms with Gasteiger partial charge in [0, 0.05) is 16.2 Å². The molecule has 6 aromatic rings. The number of fused-ring (bicyclic) bond motifs is 2. The summed E-state index contributed by atoms with van der Waals surface area (Å²) in [7, 11) is 0. The van der Waals surface area contributed by atoms with Crippen molar-refractivity contribution in [3.8, 4) is 49.2 Å². The van der Waals surface area contributed by atoms with Gasteiger partial charge in [0.25, 0.3) is 0 Å². The van der Waals surface area contributed by atoms with Crippen LogP contribution in [0.1, 0.15) is 12.7 Å². The maximum Gasteiger partial charge on any atom is 0.154 e. The molecule has 0 fully saturated rings. The van der Waals surface area contributed by atoms with Gasteiger partial charge in [0.2, 0.25) is 0 Å². The summed E-state index contributed by atoms with van der Waals surface area (Å²) in [6.45, 7) is 2.15. The maximum absolute atomic E-state index is 6.35. The number of hydrogen-bond acceptors (Lipinski definition) is 3. The number of thiophene rings is 1. The lowest BCUT2D eigenvalue weighted by Crippen LogP contribution is -2.07. The molecular weight excluding hydrogens is 448 g/mol. The van der Waals surface area contributed by atoms with Crippen LogP contribution in [0.2, 0.25) is 0 Å². The number of ether oxygens (including phenoxy) is 1. The molecule has 1 aliphatic rings. The monoisotopic (exact) mass is 470 g/mol. The Balaban J connectivity index is 1.27. The van der Waals surface area contributed by atoms with E-state index in [4.69, 9.17) is 9.72 Å². The van der Waals surface area contributed by atoms with Crippen LogP contribution in [-0.4, -0.2) is 9.55 Å². The number of nitrogens with zero attached hydrogens (tertiary/aromatic N) is 2. The van der Waals surface area contributed by atoms with E-state index in [1.807, 2.05) is 29.5 Å². The van der Waals surface area contributed by atoms with Crippen molar-refractivity contribution in [1.82, 2.24) is 9.55 Å². The average Bonchev–Trinajstić information content (AvgIpc) is 3.56. The quantitative estimate of drug-likeness (QED) is 0.257. The fraction of sp³-hybridized carbons (Fsp3) is 0.0645. The highest BCUT2D eigenvalue weighted by molar-refractivity contribution is 7.18. The van der Waals surface area contributed by atoms with Crippen LogP contribution >= 0.6 is 11.3 Å². The van der Waals surface area contributed by atoms with E-state index in [9.17, 15) is 0 Å². The summed E-state index contributed by atoms with van der Waals surface area (Å²) in [4.78, 5) is 7.53. The van der Waals surface area contributed by atoms with E-state index in [1.54, 1.807) is 0 Å². The van der Waals surface area contributed by atoms with Gasteiger partial charge in [-0.25, -0.2) is 4.98 Å². The van der Waals surface area contributed by atoms with Gasteiger partial charge in [0.1, 0.15) is 11.3 Å². The molecule has 4 aromatic carbocycles. The predicted molar refractivity (Wildman–Crippen MR) is 145 cm³/mol. The molecule has 0 radical (unpaired) electrons. The van der Waals surface area contributed by atoms with Crippen LogP contribution in [0.25, 0.3) is 48.7 Å². The Hall–Kier alpha value is -4.15. The standard InChI is InChI=1S/C31H22N2OS/c1-2-30-32-24-18-23(19-27-31(24)33(30)25-10-6-7-11-26(25)34-27)20-12-14-22(15-13-20)29-17-16-28(35-29)21-8-4-3-5-9-21/h3-19H,2H2,1H3. The van der Waals surface area contributed by atoms with Crippen LogP contribution < -0.4 is 4.74 Å². The van der Waals surface area contributed by atoms with E-state index in [2.05, 4.69) is 96.4 Å². The number of aromatic nitrogens is 2. The van der Waals surface area contributed by atoms with Gasteiger partial charge in [-0.2, -0.15) is 0 Å². The fourth-order valence-electron chi connectivity index (χ4n) is 4.89. The Morgan fingerprint density at radius 2 is 1.37 bits per heavy atom. The average molecular weight is 471 g/mol. The molecule has 0 aliphatic carbocycles. The number of para-hydroxylation sites is 2. The Bertz CT molecular complexity index is 1690. The molecule has 0 bridgehead atoms. The van der Waals surface area contributed by atoms with E-state index in [0.717, 1.165) is 51.6 Å². The first kappa shape index (κ1) is 20.2. The largest absolute Gasteiger partial charge is 0.453 e. The molecule has 0 saturated heterocycles. The van der Waals surface area contributed by atoms with Gasteiger partial charge in [-0.1, -0.05) is 73.7 Å². The van der Waals surface area contributed by atoms with E-state index in [0.29, 0.717) is 0 Å². The third-order valence-electron chi connectivity index (χ3n) is 6.60. The molecule has 0 atom stereocenters. The normalized spacial score (nSPS) is 11.9. The molecule has 7 rings (SSSR count). The van der Waals surface area contributed by atoms with E-state index in [1.165, 1.54) is 20.9 Å². The van der Waals surface area contributed by atoms with Crippen molar-refractivity contribution in [2.75, 3.05) is 0 Å². The van der Waals surface area contributed by atoms with Gasteiger partial charge in [0.15, 0.2) is 11.5 Å². The summed E-state index contributed by atoms with van der Waals surface area (Å²) >= 11 is 1.82. The third kappa shape index (κ3) is 3.29. The van der Waals surface area contributed by atoms with Crippen LogP contribution in [0.3, 0.4) is 0 Å². The van der Waals surface area contributed by atoms with Crippen LogP contribution in [-0.2, 0) is 6.42 Å². The smallest absolute Gasteiger partial charge is 0.154 e. The summed E-state index contributed by atoms with van der Waals surface area (Å²) in [6, 6.07) is 36.3. The molecule has 1 aliphatic heterocycles. The Labute approximate surface area is 207 Å². The van der Waals surface area contributed by atoms with Gasteiger partial charge in [-0.15, -0.1) is 11.3 Å². The van der Waals surface area contributed by atoms with Crippen LogP contribution in [0.15, 0.2) is 103 Å². The van der Waals surface area contributed by atoms with Crippen molar-refractivity contribution in [2.45, 2.75) is 13.3 Å². The molecule has 168 valence electrons. The van der Waals surface area contributed by atoms with Crippen molar-refractivity contribution in [2.24, 2.45) is 0 Å². The molecule has 4 heteroatoms. The lowest BCUT2D eigenvalue weighted by Gasteiger charge is -2.21. The van der Waals surface area contributed by atoms with Gasteiger partial charge >= 0.3 is 0 Å². The maximum atomic E-state index is 6.35. The van der Waals surface area contributed by atoms with Crippen molar-refractivity contribution < 1.29 is 4.74 Å². The lowest BCUT2D eigenvalue weighted by molar-refractivity contribution is 0.474. The molecule has 2 aromatic heterocycles. The minimum absolute atomic E-state index is 0.859. The molecule has 3 nitrogen and oxygen atoms in total. The zero-order valence-electron chi connectivity index (χ0n) is 19.2. The number of rotatable bonds is 4. The molecule has 0 unspecified atom stereocenters. The third-order valence-corrected chi connectivity index (χ3v) is 7.78. The molecular formula is C31H22N2OS. The number of imidazole rings is 1. The fourth-order valence-corrected chi connectivity index (χ4v) is 5.90. The second kappa shape index (κ2) is 7.97. The number of benzene rings is 4. The molecule has 35 heavy (non-hydrogen) atoms. The summed E-state index contributed by atoms with van der Waals surface area (Å²) in [5.41, 5.74) is 7.83. The predicted octanol–water partition coefficient (Wildman–Crippen LogP) is 8.76. The molecule has 0 saturated carbocycles. The molecule has 3 heterocycles. The Kier molecular flexibility index (Phi) is 4.61. The Morgan fingerprint density at radius 1 is 0.686 bits per heavy atom. The molecule has 0 amide bonds. The first-order chi connectivity index (χ1) is 17.3. The second-order valence-corrected chi connectivity index (χ2v) is 9.82. The molecule has 0 spiro atoms. The summed E-state index contributed by atoms with van der Waals surface area (Å²) < 4.78 is 8.60. The highest BCUT2D eigenvalue weighted by Gasteiger charge is 2.24. The highest BCUT2D eigenvalue weighted by atomic mass is 32.1. The van der Waals surface area contributed by atoms with Crippen molar-refractivity contribution in [1.29, 1.82) is 0 Å². The van der Waals surface area contributed by atoms with Crippen molar-refractivity contribution in [3.63, 3.8) is 0 Å². The molecule has 0 N–H and O–H groups in total. The van der Waals surface area contributed by atoms with Crippen LogP contribution in [0.5, 0.6) is 11.5 Å². The van der Waals surface area contributed by atoms with Crippen molar-refractivity contribution in [3.05, 3.63) is 109 Å². The van der Waals surface area contributed by atoms with Gasteiger partial charge in [0.05, 0.1) is 11.2 Å². The topological polar surface area (TPSA) is 27.1 Å². The zero-order chi connectivity index (χ0) is 23.4. The summed E-state index contributed by atoms with van der Waals surface area (Å²) in [5, 5.41) is 0. The zero-order valence-corrected chi connectivity index (χ0v) is 20.0. The van der Waals surface area contributed by atoms with Gasteiger partial charge in [-0.05, 0) is 58.7 Å². The van der Waals surface area contributed by atoms with E-state index in [-0.39, 0.29) is 0 Å². The summed E-state index contributed by atoms with van der Waals surface area (Å²) in [5.74, 6) is 2.78. The van der Waals surface area contributed by atoms with Crippen molar-refractivity contribution >= 4 is 22.4 Å². The highest BCUT2D eigenvalue weighted by Crippen LogP contribution is 2.44. The van der Waals surface area contributed by atoms with E-state index >= 15 is 0 Å². The second-order valence-electron chi connectivity index (χ2n) is 8.74. The first-order valence-corrected chi connectivity index (χ1v) is 12.7. The van der Waals surface area contributed by atoms with E-state index < -0.39 is 0 Å². The SMILES string of the molecule is CCc1nc2cc(-c3ccc(-c4ccc(-c5ccccc5)s4)cc3)cc3c2n1-c1ccccc1O3. The number of hydrogen-bond donors (Lipinski definition) is 0. The van der Waals surface area contributed by atoms with Crippen LogP contribution in [0.4, 0.5) is 0 Å². The summed E-state index contributed by atoms with van der Waals surface area (Å²) in [6.07, 6.45) is 0.859. The first-order valence-electron chi connectivity index (χ1n) is 11.9. The minimum Gasteiger partial charge on any atom is -0.453 e. The minimum atomic E-state index is 0.859. The van der Waals surface area contributed by atoms with Crippen LogP contribution in [0, 0.1) is 0 Å². The lowest BCUT2D eigenvalue weighted by atomic mass is 10.0. The van der Waals surface area contributed by atoms with Gasteiger partial charge < -0.3 is 4.74 Å².